The van der Waals surface area contributed by atoms with Crippen LogP contribution in [0.5, 0.6) is 0 Å². The van der Waals surface area contributed by atoms with Crippen molar-refractivity contribution in [1.29, 1.82) is 0 Å². The predicted octanol–water partition coefficient (Wildman–Crippen LogP) is 4.36. The average molecular weight is 482 g/mol. The second-order valence-corrected chi connectivity index (χ2v) is 8.53. The summed E-state index contributed by atoms with van der Waals surface area (Å²) in [6.45, 7) is 0.188. The number of carboxylic acid groups (broad SMARTS) is 1. The Bertz CT molecular complexity index is 1170. The quantitative estimate of drug-likeness (QED) is 0.380. The predicted molar refractivity (Wildman–Crippen MR) is 127 cm³/mol. The van der Waals surface area contributed by atoms with Crippen molar-refractivity contribution in [3.8, 4) is 11.1 Å². The molecule has 0 bridgehead atoms. The molecule has 3 aromatic carbocycles. The Morgan fingerprint density at radius 3 is 2.21 bits per heavy atom. The van der Waals surface area contributed by atoms with E-state index < -0.39 is 24.3 Å². The molecule has 34 heavy (non-hydrogen) atoms. The van der Waals surface area contributed by atoms with Crippen molar-refractivity contribution in [3.05, 3.63) is 94.0 Å². The van der Waals surface area contributed by atoms with Crippen LogP contribution in [0.4, 0.5) is 4.79 Å². The smallest absolute Gasteiger partial charge is 0.407 e. The lowest BCUT2D eigenvalue weighted by Gasteiger charge is -2.20. The van der Waals surface area contributed by atoms with Gasteiger partial charge in [0.25, 0.3) is 0 Å². The summed E-state index contributed by atoms with van der Waals surface area (Å²) in [6.07, 6.45) is -3.45. The number of benzene rings is 3. The van der Waals surface area contributed by atoms with Crippen molar-refractivity contribution < 1.29 is 29.6 Å². The number of ether oxygens (including phenoxy) is 1. The number of hydrogen-bond acceptors (Lipinski definition) is 5. The molecule has 4 N–H and O–H groups in total. The van der Waals surface area contributed by atoms with Gasteiger partial charge in [0.1, 0.15) is 12.7 Å². The number of aliphatic hydroxyl groups is 2. The number of amides is 1. The topological polar surface area (TPSA) is 116 Å². The van der Waals surface area contributed by atoms with E-state index in [0.717, 1.165) is 22.3 Å². The molecule has 0 saturated heterocycles. The van der Waals surface area contributed by atoms with E-state index in [1.165, 1.54) is 18.2 Å². The molecule has 1 aliphatic rings. The van der Waals surface area contributed by atoms with E-state index >= 15 is 0 Å². The zero-order valence-corrected chi connectivity index (χ0v) is 18.9. The minimum atomic E-state index is -1.48. The molecule has 3 aromatic rings. The number of hydrogen-bond donors (Lipinski definition) is 4. The lowest BCUT2D eigenvalue weighted by Crippen LogP contribution is -2.31. The molecule has 176 valence electrons. The first kappa shape index (κ1) is 23.8. The van der Waals surface area contributed by atoms with Crippen molar-refractivity contribution >= 4 is 23.7 Å². The Kier molecular flexibility index (Phi) is 7.17. The van der Waals surface area contributed by atoms with Gasteiger partial charge in [-0.2, -0.15) is 0 Å². The monoisotopic (exact) mass is 481 g/mol. The highest BCUT2D eigenvalue weighted by Crippen LogP contribution is 2.44. The normalized spacial score (nSPS) is 14.1. The summed E-state index contributed by atoms with van der Waals surface area (Å²) in [4.78, 5) is 23.6. The van der Waals surface area contributed by atoms with Gasteiger partial charge in [-0.1, -0.05) is 60.1 Å². The van der Waals surface area contributed by atoms with E-state index in [1.807, 2.05) is 36.4 Å². The third-order valence-corrected chi connectivity index (χ3v) is 6.22. The number of nitrogens with one attached hydrogen (secondary N) is 1. The molecule has 1 aliphatic carbocycles. The number of carbonyl (C=O) groups excluding carboxylic acids is 1. The number of halogens is 1. The minimum Gasteiger partial charge on any atom is -0.478 e. The molecule has 7 nitrogen and oxygen atoms in total. The fraction of sp³-hybridized carbons (Fsp3) is 0.231. The molecule has 0 radical (unpaired) electrons. The second-order valence-electron chi connectivity index (χ2n) is 8.09. The zero-order valence-electron chi connectivity index (χ0n) is 18.1. The Morgan fingerprint density at radius 1 is 0.971 bits per heavy atom. The second kappa shape index (κ2) is 10.3. The summed E-state index contributed by atoms with van der Waals surface area (Å²) in [5, 5.41) is 32.9. The van der Waals surface area contributed by atoms with Crippen LogP contribution in [0.3, 0.4) is 0 Å². The molecular formula is C26H24ClNO6. The van der Waals surface area contributed by atoms with Crippen LogP contribution in [-0.4, -0.2) is 46.6 Å². The first-order chi connectivity index (χ1) is 16.4. The van der Waals surface area contributed by atoms with Gasteiger partial charge in [0.05, 0.1) is 11.7 Å². The molecule has 0 aromatic heterocycles. The fourth-order valence-electron chi connectivity index (χ4n) is 4.31. The molecular weight excluding hydrogens is 458 g/mol. The molecule has 0 aliphatic heterocycles. The molecule has 0 fully saturated rings. The van der Waals surface area contributed by atoms with Gasteiger partial charge < -0.3 is 25.4 Å². The van der Waals surface area contributed by atoms with Crippen molar-refractivity contribution in [2.75, 3.05) is 13.2 Å². The Hall–Kier alpha value is -3.39. The van der Waals surface area contributed by atoms with Gasteiger partial charge in [-0.3, -0.25) is 0 Å². The first-order valence-corrected chi connectivity index (χ1v) is 11.2. The van der Waals surface area contributed by atoms with Crippen molar-refractivity contribution in [2.45, 2.75) is 24.5 Å². The zero-order chi connectivity index (χ0) is 24.2. The van der Waals surface area contributed by atoms with Crippen LogP contribution in [0.25, 0.3) is 11.1 Å². The van der Waals surface area contributed by atoms with Crippen molar-refractivity contribution in [1.82, 2.24) is 5.32 Å². The van der Waals surface area contributed by atoms with Crippen LogP contribution in [0.1, 0.15) is 45.5 Å². The standard InChI is InChI=1S/C26H24ClNO6/c27-15-9-10-20(25(31)32)21(13-15)24(30)23(29)11-12-28-26(33)34-14-22-18-7-3-1-5-16(18)17-6-2-4-8-19(17)22/h1-10,13,22-24,29-30H,11-12,14H2,(H,28,33)(H,31,32). The summed E-state index contributed by atoms with van der Waals surface area (Å²) in [5.74, 6) is -1.31. The number of alkyl carbamates (subject to hydrolysis) is 1. The third kappa shape index (κ3) is 4.92. The molecule has 4 rings (SSSR count). The van der Waals surface area contributed by atoms with E-state index in [-0.39, 0.29) is 41.6 Å². The lowest BCUT2D eigenvalue weighted by molar-refractivity contribution is 0.0128. The van der Waals surface area contributed by atoms with Gasteiger partial charge in [0, 0.05) is 17.5 Å². The number of rotatable bonds is 8. The number of aliphatic hydroxyl groups excluding tert-OH is 2. The molecule has 0 heterocycles. The van der Waals surface area contributed by atoms with Crippen molar-refractivity contribution in [2.24, 2.45) is 0 Å². The number of fused-ring (bicyclic) bond motifs is 3. The van der Waals surface area contributed by atoms with Crippen LogP contribution in [0.2, 0.25) is 5.02 Å². The minimum absolute atomic E-state index is 0.00800. The van der Waals surface area contributed by atoms with E-state index in [0.29, 0.717) is 0 Å². The third-order valence-electron chi connectivity index (χ3n) is 5.98. The summed E-state index contributed by atoms with van der Waals surface area (Å²) in [5.41, 5.74) is 4.32. The maximum Gasteiger partial charge on any atom is 0.407 e. The van der Waals surface area contributed by atoms with Gasteiger partial charge in [0.15, 0.2) is 0 Å². The van der Waals surface area contributed by atoms with Crippen LogP contribution in [0, 0.1) is 0 Å². The van der Waals surface area contributed by atoms with Crippen LogP contribution in [0.15, 0.2) is 66.7 Å². The summed E-state index contributed by atoms with van der Waals surface area (Å²) >= 11 is 5.91. The van der Waals surface area contributed by atoms with E-state index in [4.69, 9.17) is 16.3 Å². The van der Waals surface area contributed by atoms with Gasteiger partial charge >= 0.3 is 12.1 Å². The highest BCUT2D eigenvalue weighted by molar-refractivity contribution is 6.30. The maximum absolute atomic E-state index is 12.3. The average Bonchev–Trinajstić information content (AvgIpc) is 3.15. The Labute approximate surface area is 201 Å². The summed E-state index contributed by atoms with van der Waals surface area (Å²) < 4.78 is 5.44. The number of carbonyl (C=O) groups is 2. The van der Waals surface area contributed by atoms with Gasteiger partial charge in [-0.05, 0) is 52.4 Å². The molecule has 1 amide bonds. The maximum atomic E-state index is 12.3. The van der Waals surface area contributed by atoms with Gasteiger partial charge in [0.2, 0.25) is 0 Å². The van der Waals surface area contributed by atoms with Gasteiger partial charge in [-0.15, -0.1) is 0 Å². The summed E-state index contributed by atoms with van der Waals surface area (Å²) in [7, 11) is 0. The molecule has 2 atom stereocenters. The fourth-order valence-corrected chi connectivity index (χ4v) is 4.49. The lowest BCUT2D eigenvalue weighted by atomic mass is 9.97. The van der Waals surface area contributed by atoms with E-state index in [1.54, 1.807) is 0 Å². The molecule has 8 heteroatoms. The first-order valence-electron chi connectivity index (χ1n) is 10.8. The molecule has 0 spiro atoms. The van der Waals surface area contributed by atoms with Crippen molar-refractivity contribution in [3.63, 3.8) is 0 Å². The highest BCUT2D eigenvalue weighted by Gasteiger charge is 2.29. The van der Waals surface area contributed by atoms with Crippen LogP contribution >= 0.6 is 11.6 Å². The summed E-state index contributed by atoms with van der Waals surface area (Å²) in [6, 6.07) is 20.0. The molecule has 0 saturated carbocycles. The van der Waals surface area contributed by atoms with E-state index in [2.05, 4.69) is 17.4 Å². The SMILES string of the molecule is O=C(NCCC(O)C(O)c1cc(Cl)ccc1C(=O)O)OCC1c2ccccc2-c2ccccc21. The van der Waals surface area contributed by atoms with Crippen LogP contribution in [-0.2, 0) is 4.74 Å². The van der Waals surface area contributed by atoms with Gasteiger partial charge in [-0.25, -0.2) is 9.59 Å². The largest absolute Gasteiger partial charge is 0.478 e. The Balaban J connectivity index is 1.31. The Morgan fingerprint density at radius 2 is 1.59 bits per heavy atom. The number of aromatic carboxylic acids is 1. The molecule has 2 unspecified atom stereocenters. The highest BCUT2D eigenvalue weighted by atomic mass is 35.5. The van der Waals surface area contributed by atoms with Crippen LogP contribution < -0.4 is 5.32 Å². The van der Waals surface area contributed by atoms with E-state index in [9.17, 15) is 24.9 Å². The number of carboxylic acids is 1.